The summed E-state index contributed by atoms with van der Waals surface area (Å²) in [6.07, 6.45) is 1.90. The molecule has 0 aliphatic rings. The molecule has 0 spiro atoms. The number of nitrogens with zero attached hydrogens (tertiary/aromatic N) is 1. The van der Waals surface area contributed by atoms with Crippen molar-refractivity contribution >= 4 is 23.2 Å². The summed E-state index contributed by atoms with van der Waals surface area (Å²) in [6, 6.07) is 6.78. The Morgan fingerprint density at radius 1 is 1.50 bits per heavy atom. The molecule has 0 saturated heterocycles. The van der Waals surface area contributed by atoms with E-state index in [2.05, 4.69) is 17.5 Å². The van der Waals surface area contributed by atoms with E-state index >= 15 is 0 Å². The van der Waals surface area contributed by atoms with Crippen LogP contribution in [0.15, 0.2) is 29.4 Å². The molecular formula is C12H15ClN2O. The molecule has 1 aromatic rings. The number of benzene rings is 1. The highest BCUT2D eigenvalue weighted by molar-refractivity contribution is 6.30. The molecule has 1 amide bonds. The third-order valence-corrected chi connectivity index (χ3v) is 2.28. The van der Waals surface area contributed by atoms with Crippen LogP contribution >= 0.6 is 11.6 Å². The number of carbonyl (C=O) groups excluding carboxylic acids is 1. The molecule has 0 atom stereocenters. The quantitative estimate of drug-likeness (QED) is 0.635. The van der Waals surface area contributed by atoms with Gasteiger partial charge in [0, 0.05) is 16.3 Å². The second-order valence-corrected chi connectivity index (χ2v) is 3.98. The molecule has 0 heterocycles. The number of nitrogens with one attached hydrogen (secondary N) is 1. The van der Waals surface area contributed by atoms with Gasteiger partial charge in [-0.2, -0.15) is 5.10 Å². The highest BCUT2D eigenvalue weighted by atomic mass is 35.5. The standard InChI is InChI=1S/C12H15ClN2O/c1-3-5-9(2)14-15-12(16)10-6-4-7-11(13)8-10/h4,6-8H,3,5H2,1-2H3,(H,15,16). The average molecular weight is 239 g/mol. The molecule has 0 saturated carbocycles. The van der Waals surface area contributed by atoms with Crippen LogP contribution in [-0.4, -0.2) is 11.6 Å². The molecule has 0 aliphatic carbocycles. The van der Waals surface area contributed by atoms with Crippen molar-refractivity contribution < 1.29 is 4.79 Å². The molecule has 0 bridgehead atoms. The van der Waals surface area contributed by atoms with Gasteiger partial charge in [-0.3, -0.25) is 4.79 Å². The molecule has 3 nitrogen and oxygen atoms in total. The fourth-order valence-corrected chi connectivity index (χ4v) is 1.45. The molecule has 0 unspecified atom stereocenters. The Labute approximate surface area is 101 Å². The lowest BCUT2D eigenvalue weighted by Gasteiger charge is -2.02. The summed E-state index contributed by atoms with van der Waals surface area (Å²) in [6.45, 7) is 3.96. The fourth-order valence-electron chi connectivity index (χ4n) is 1.26. The summed E-state index contributed by atoms with van der Waals surface area (Å²) in [4.78, 5) is 11.6. The summed E-state index contributed by atoms with van der Waals surface area (Å²) >= 11 is 5.79. The maximum atomic E-state index is 11.6. The highest BCUT2D eigenvalue weighted by Gasteiger charge is 2.04. The molecule has 0 fully saturated rings. The van der Waals surface area contributed by atoms with Crippen molar-refractivity contribution in [2.75, 3.05) is 0 Å². The number of hydrogen-bond donors (Lipinski definition) is 1. The minimum atomic E-state index is -0.238. The van der Waals surface area contributed by atoms with Crippen LogP contribution in [-0.2, 0) is 0 Å². The summed E-state index contributed by atoms with van der Waals surface area (Å²) in [5, 5.41) is 4.54. The van der Waals surface area contributed by atoms with Gasteiger partial charge in [-0.1, -0.05) is 31.0 Å². The normalized spacial score (nSPS) is 11.3. The van der Waals surface area contributed by atoms with Crippen molar-refractivity contribution in [2.24, 2.45) is 5.10 Å². The molecule has 1 N–H and O–H groups in total. The van der Waals surface area contributed by atoms with E-state index in [9.17, 15) is 4.79 Å². The second-order valence-electron chi connectivity index (χ2n) is 3.55. The van der Waals surface area contributed by atoms with Gasteiger partial charge in [-0.05, 0) is 31.5 Å². The van der Waals surface area contributed by atoms with Gasteiger partial charge >= 0.3 is 0 Å². The van der Waals surface area contributed by atoms with Crippen LogP contribution in [0.1, 0.15) is 37.0 Å². The predicted molar refractivity (Wildman–Crippen MR) is 66.9 cm³/mol. The molecule has 0 aliphatic heterocycles. The Hall–Kier alpha value is -1.35. The van der Waals surface area contributed by atoms with Gasteiger partial charge in [-0.15, -0.1) is 0 Å². The van der Waals surface area contributed by atoms with E-state index in [-0.39, 0.29) is 5.91 Å². The van der Waals surface area contributed by atoms with Crippen molar-refractivity contribution in [3.05, 3.63) is 34.9 Å². The number of hydrogen-bond acceptors (Lipinski definition) is 2. The first kappa shape index (κ1) is 12.7. The SMILES string of the molecule is CCCC(C)=NNC(=O)c1cccc(Cl)c1. The van der Waals surface area contributed by atoms with Crippen LogP contribution in [0.4, 0.5) is 0 Å². The van der Waals surface area contributed by atoms with E-state index in [4.69, 9.17) is 11.6 Å². The smallest absolute Gasteiger partial charge is 0.267 e. The molecular weight excluding hydrogens is 224 g/mol. The highest BCUT2D eigenvalue weighted by Crippen LogP contribution is 2.10. The Balaban J connectivity index is 2.63. The first-order chi connectivity index (χ1) is 7.63. The van der Waals surface area contributed by atoms with Gasteiger partial charge in [0.1, 0.15) is 0 Å². The number of halogens is 1. The summed E-state index contributed by atoms with van der Waals surface area (Å²) < 4.78 is 0. The Kier molecular flexibility index (Phi) is 4.99. The zero-order chi connectivity index (χ0) is 12.0. The first-order valence-electron chi connectivity index (χ1n) is 5.22. The minimum Gasteiger partial charge on any atom is -0.267 e. The van der Waals surface area contributed by atoms with Gasteiger partial charge in [0.15, 0.2) is 0 Å². The number of hydrazone groups is 1. The number of amides is 1. The zero-order valence-corrected chi connectivity index (χ0v) is 10.2. The van der Waals surface area contributed by atoms with Crippen molar-refractivity contribution in [2.45, 2.75) is 26.7 Å². The maximum absolute atomic E-state index is 11.6. The third-order valence-electron chi connectivity index (χ3n) is 2.05. The molecule has 0 aromatic heterocycles. The number of rotatable bonds is 4. The predicted octanol–water partition coefficient (Wildman–Crippen LogP) is 3.25. The van der Waals surface area contributed by atoms with Gasteiger partial charge in [0.05, 0.1) is 0 Å². The van der Waals surface area contributed by atoms with Crippen molar-refractivity contribution in [3.8, 4) is 0 Å². The van der Waals surface area contributed by atoms with Crippen molar-refractivity contribution in [1.82, 2.24) is 5.43 Å². The van der Waals surface area contributed by atoms with E-state index in [1.54, 1.807) is 24.3 Å². The van der Waals surface area contributed by atoms with Crippen LogP contribution in [0, 0.1) is 0 Å². The Bertz CT molecular complexity index is 402. The minimum absolute atomic E-state index is 0.238. The van der Waals surface area contributed by atoms with Crippen LogP contribution in [0.25, 0.3) is 0 Å². The van der Waals surface area contributed by atoms with Crippen LogP contribution in [0.5, 0.6) is 0 Å². The lowest BCUT2D eigenvalue weighted by Crippen LogP contribution is -2.18. The van der Waals surface area contributed by atoms with E-state index in [1.807, 2.05) is 6.92 Å². The van der Waals surface area contributed by atoms with Crippen LogP contribution in [0.2, 0.25) is 5.02 Å². The van der Waals surface area contributed by atoms with E-state index in [0.717, 1.165) is 18.6 Å². The van der Waals surface area contributed by atoms with Crippen molar-refractivity contribution in [1.29, 1.82) is 0 Å². The Morgan fingerprint density at radius 2 is 2.25 bits per heavy atom. The topological polar surface area (TPSA) is 41.5 Å². The van der Waals surface area contributed by atoms with Crippen LogP contribution < -0.4 is 5.43 Å². The van der Waals surface area contributed by atoms with E-state index < -0.39 is 0 Å². The summed E-state index contributed by atoms with van der Waals surface area (Å²) in [5.74, 6) is -0.238. The van der Waals surface area contributed by atoms with Gasteiger partial charge in [0.25, 0.3) is 5.91 Å². The summed E-state index contributed by atoms with van der Waals surface area (Å²) in [7, 11) is 0. The monoisotopic (exact) mass is 238 g/mol. The molecule has 4 heteroatoms. The zero-order valence-electron chi connectivity index (χ0n) is 9.46. The average Bonchev–Trinajstić information content (AvgIpc) is 2.26. The molecule has 1 aromatic carbocycles. The largest absolute Gasteiger partial charge is 0.271 e. The lowest BCUT2D eigenvalue weighted by molar-refractivity contribution is 0.0954. The Morgan fingerprint density at radius 3 is 2.88 bits per heavy atom. The molecule has 86 valence electrons. The molecule has 16 heavy (non-hydrogen) atoms. The van der Waals surface area contributed by atoms with E-state index in [0.29, 0.717) is 10.6 Å². The third kappa shape index (κ3) is 4.03. The van der Waals surface area contributed by atoms with Gasteiger partial charge < -0.3 is 0 Å². The fraction of sp³-hybridized carbons (Fsp3) is 0.333. The molecule has 0 radical (unpaired) electrons. The maximum Gasteiger partial charge on any atom is 0.271 e. The summed E-state index contributed by atoms with van der Waals surface area (Å²) in [5.41, 5.74) is 3.93. The second kappa shape index (κ2) is 6.28. The first-order valence-corrected chi connectivity index (χ1v) is 5.60. The number of carbonyl (C=O) groups is 1. The van der Waals surface area contributed by atoms with E-state index in [1.165, 1.54) is 0 Å². The molecule has 1 rings (SSSR count). The van der Waals surface area contributed by atoms with Crippen molar-refractivity contribution in [3.63, 3.8) is 0 Å². The van der Waals surface area contributed by atoms with Crippen LogP contribution in [0.3, 0.4) is 0 Å². The van der Waals surface area contributed by atoms with Gasteiger partial charge in [-0.25, -0.2) is 5.43 Å². The van der Waals surface area contributed by atoms with Gasteiger partial charge in [0.2, 0.25) is 0 Å². The lowest BCUT2D eigenvalue weighted by atomic mass is 10.2.